The topological polar surface area (TPSA) is 42.2 Å². The highest BCUT2D eigenvalue weighted by molar-refractivity contribution is 5.82. The summed E-state index contributed by atoms with van der Waals surface area (Å²) in [4.78, 5) is 10.6. The molecule has 0 spiro atoms. The van der Waals surface area contributed by atoms with E-state index in [-0.39, 0.29) is 6.54 Å². The average Bonchev–Trinajstić information content (AvgIpc) is 2.60. The fourth-order valence-corrected chi connectivity index (χ4v) is 1.73. The van der Waals surface area contributed by atoms with E-state index < -0.39 is 5.97 Å². The molecule has 0 unspecified atom stereocenters. The first-order chi connectivity index (χ1) is 7.20. The second-order valence-corrected chi connectivity index (χ2v) is 3.58. The first kappa shape index (κ1) is 9.77. The Bertz CT molecular complexity index is 499. The normalized spacial score (nSPS) is 10.7. The van der Waals surface area contributed by atoms with Crippen LogP contribution in [0.1, 0.15) is 12.5 Å². The Hall–Kier alpha value is -1.77. The number of benzene rings is 1. The number of aliphatic carboxylic acids is 1. The Morgan fingerprint density at radius 1 is 1.40 bits per heavy atom. The molecule has 1 heterocycles. The van der Waals surface area contributed by atoms with Crippen LogP contribution in [0.15, 0.2) is 30.5 Å². The van der Waals surface area contributed by atoms with E-state index in [9.17, 15) is 4.79 Å². The van der Waals surface area contributed by atoms with Crippen molar-refractivity contribution in [2.24, 2.45) is 0 Å². The molecule has 0 fully saturated rings. The van der Waals surface area contributed by atoms with Crippen LogP contribution in [0.25, 0.3) is 10.9 Å². The maximum absolute atomic E-state index is 10.6. The lowest BCUT2D eigenvalue weighted by molar-refractivity contribution is -0.137. The molecular formula is C12H13NO2. The van der Waals surface area contributed by atoms with Crippen LogP contribution in [0.3, 0.4) is 0 Å². The minimum Gasteiger partial charge on any atom is -0.480 e. The fraction of sp³-hybridized carbons (Fsp3) is 0.250. The molecule has 1 N–H and O–H groups in total. The molecule has 0 aliphatic rings. The van der Waals surface area contributed by atoms with E-state index in [1.807, 2.05) is 18.3 Å². The molecule has 2 rings (SSSR count). The van der Waals surface area contributed by atoms with Gasteiger partial charge in [0.2, 0.25) is 0 Å². The van der Waals surface area contributed by atoms with Crippen molar-refractivity contribution in [3.05, 3.63) is 36.0 Å². The van der Waals surface area contributed by atoms with Gasteiger partial charge in [-0.3, -0.25) is 4.79 Å². The highest BCUT2D eigenvalue weighted by Crippen LogP contribution is 2.17. The lowest BCUT2D eigenvalue weighted by Gasteiger charge is -2.02. The first-order valence-electron chi connectivity index (χ1n) is 5.00. The number of fused-ring (bicyclic) bond motifs is 1. The van der Waals surface area contributed by atoms with Crippen molar-refractivity contribution in [1.82, 2.24) is 4.57 Å². The number of nitrogens with zero attached hydrogens (tertiary/aromatic N) is 1. The summed E-state index contributed by atoms with van der Waals surface area (Å²) >= 11 is 0. The Morgan fingerprint density at radius 3 is 2.87 bits per heavy atom. The predicted molar refractivity (Wildman–Crippen MR) is 59.0 cm³/mol. The summed E-state index contributed by atoms with van der Waals surface area (Å²) in [6.45, 7) is 2.11. The van der Waals surface area contributed by atoms with Crippen molar-refractivity contribution in [2.75, 3.05) is 0 Å². The number of aromatic nitrogens is 1. The van der Waals surface area contributed by atoms with Gasteiger partial charge >= 0.3 is 5.97 Å². The molecule has 0 aliphatic heterocycles. The van der Waals surface area contributed by atoms with Gasteiger partial charge in [-0.1, -0.05) is 19.1 Å². The van der Waals surface area contributed by atoms with E-state index in [1.165, 1.54) is 5.56 Å². The first-order valence-corrected chi connectivity index (χ1v) is 5.00. The molecular weight excluding hydrogens is 190 g/mol. The van der Waals surface area contributed by atoms with Gasteiger partial charge in [0.15, 0.2) is 0 Å². The van der Waals surface area contributed by atoms with Crippen LogP contribution in [0.2, 0.25) is 0 Å². The zero-order valence-corrected chi connectivity index (χ0v) is 8.60. The molecule has 1 aromatic heterocycles. The van der Waals surface area contributed by atoms with Gasteiger partial charge in [0.1, 0.15) is 6.54 Å². The molecule has 0 amide bonds. The van der Waals surface area contributed by atoms with Crippen molar-refractivity contribution in [2.45, 2.75) is 19.9 Å². The summed E-state index contributed by atoms with van der Waals surface area (Å²) in [7, 11) is 0. The van der Waals surface area contributed by atoms with E-state index in [4.69, 9.17) is 5.11 Å². The molecule has 0 saturated carbocycles. The second-order valence-electron chi connectivity index (χ2n) is 3.58. The van der Waals surface area contributed by atoms with Gasteiger partial charge in [0.25, 0.3) is 0 Å². The van der Waals surface area contributed by atoms with E-state index in [0.29, 0.717) is 0 Å². The molecule has 3 nitrogen and oxygen atoms in total. The summed E-state index contributed by atoms with van der Waals surface area (Å²) in [5.41, 5.74) is 2.23. The van der Waals surface area contributed by atoms with E-state index in [0.717, 1.165) is 17.3 Å². The van der Waals surface area contributed by atoms with Crippen LogP contribution in [-0.4, -0.2) is 15.6 Å². The number of hydrogen-bond acceptors (Lipinski definition) is 1. The number of carbonyl (C=O) groups is 1. The Morgan fingerprint density at radius 2 is 2.20 bits per heavy atom. The van der Waals surface area contributed by atoms with Crippen molar-refractivity contribution in [3.8, 4) is 0 Å². The summed E-state index contributed by atoms with van der Waals surface area (Å²) in [6, 6.07) is 8.11. The molecule has 0 bridgehead atoms. The van der Waals surface area contributed by atoms with E-state index >= 15 is 0 Å². The number of rotatable bonds is 3. The minimum absolute atomic E-state index is 0.0245. The van der Waals surface area contributed by atoms with Crippen LogP contribution in [0.4, 0.5) is 0 Å². The fourth-order valence-electron chi connectivity index (χ4n) is 1.73. The minimum atomic E-state index is -0.811. The molecule has 0 aliphatic carbocycles. The largest absolute Gasteiger partial charge is 0.480 e. The van der Waals surface area contributed by atoms with Gasteiger partial charge in [0.05, 0.1) is 0 Å². The molecule has 0 saturated heterocycles. The second kappa shape index (κ2) is 3.77. The molecule has 2 aromatic rings. The van der Waals surface area contributed by atoms with Gasteiger partial charge in [0, 0.05) is 11.7 Å². The average molecular weight is 203 g/mol. The van der Waals surface area contributed by atoms with Crippen molar-refractivity contribution in [3.63, 3.8) is 0 Å². The molecule has 78 valence electrons. The van der Waals surface area contributed by atoms with E-state index in [2.05, 4.69) is 19.1 Å². The zero-order chi connectivity index (χ0) is 10.8. The maximum atomic E-state index is 10.6. The van der Waals surface area contributed by atoms with Gasteiger partial charge in [-0.2, -0.15) is 0 Å². The summed E-state index contributed by atoms with van der Waals surface area (Å²) in [5, 5.41) is 9.84. The van der Waals surface area contributed by atoms with Crippen LogP contribution >= 0.6 is 0 Å². The van der Waals surface area contributed by atoms with Crippen LogP contribution in [-0.2, 0) is 17.8 Å². The van der Waals surface area contributed by atoms with Gasteiger partial charge in [-0.25, -0.2) is 0 Å². The van der Waals surface area contributed by atoms with E-state index in [1.54, 1.807) is 4.57 Å². The zero-order valence-electron chi connectivity index (χ0n) is 8.60. The number of hydrogen-bond donors (Lipinski definition) is 1. The standard InChI is InChI=1S/C12H13NO2/c1-2-9-3-4-10-5-6-13(8-12(14)15)11(10)7-9/h3-7H,2,8H2,1H3,(H,14,15). The SMILES string of the molecule is CCc1ccc2ccn(CC(=O)O)c2c1. The lowest BCUT2D eigenvalue weighted by Crippen LogP contribution is -2.07. The number of carboxylic acids is 1. The third-order valence-electron chi connectivity index (χ3n) is 2.55. The smallest absolute Gasteiger partial charge is 0.323 e. The number of carboxylic acid groups (broad SMARTS) is 1. The Balaban J connectivity index is 2.51. The van der Waals surface area contributed by atoms with Crippen LogP contribution in [0.5, 0.6) is 0 Å². The summed E-state index contributed by atoms with van der Waals surface area (Å²) in [5.74, 6) is -0.811. The van der Waals surface area contributed by atoms with Gasteiger partial charge < -0.3 is 9.67 Å². The predicted octanol–water partition coefficient (Wildman–Crippen LogP) is 2.29. The molecule has 1 aromatic carbocycles. The Labute approximate surface area is 87.9 Å². The van der Waals surface area contributed by atoms with Gasteiger partial charge in [-0.15, -0.1) is 0 Å². The molecule has 0 atom stereocenters. The van der Waals surface area contributed by atoms with Crippen molar-refractivity contribution >= 4 is 16.9 Å². The monoisotopic (exact) mass is 203 g/mol. The highest BCUT2D eigenvalue weighted by atomic mass is 16.4. The van der Waals surface area contributed by atoms with Crippen molar-refractivity contribution in [1.29, 1.82) is 0 Å². The summed E-state index contributed by atoms with van der Waals surface area (Å²) < 4.78 is 1.76. The lowest BCUT2D eigenvalue weighted by atomic mass is 10.1. The van der Waals surface area contributed by atoms with Gasteiger partial charge in [-0.05, 0) is 29.5 Å². The molecule has 3 heteroatoms. The third-order valence-corrected chi connectivity index (χ3v) is 2.55. The molecule has 15 heavy (non-hydrogen) atoms. The maximum Gasteiger partial charge on any atom is 0.323 e. The van der Waals surface area contributed by atoms with Crippen molar-refractivity contribution < 1.29 is 9.90 Å². The summed E-state index contributed by atoms with van der Waals surface area (Å²) in [6.07, 6.45) is 2.78. The Kier molecular flexibility index (Phi) is 2.46. The third kappa shape index (κ3) is 1.86. The quantitative estimate of drug-likeness (QED) is 0.831. The van der Waals surface area contributed by atoms with Crippen LogP contribution in [0, 0.1) is 0 Å². The van der Waals surface area contributed by atoms with Crippen LogP contribution < -0.4 is 0 Å². The molecule has 0 radical (unpaired) electrons. The highest BCUT2D eigenvalue weighted by Gasteiger charge is 2.04. The number of aryl methyl sites for hydroxylation is 1.